The minimum atomic E-state index is 0. The molecule has 1 aliphatic rings. The number of aromatic nitrogens is 2. The smallest absolute Gasteiger partial charge is 0.154 e. The third kappa shape index (κ3) is 6.47. The summed E-state index contributed by atoms with van der Waals surface area (Å²) in [7, 11) is 1.67. The SMILES string of the molecule is COc1ccc2nc(/C=C/c3ccc(Cl)cc3)nc(NC3CCC(N)CC3)c2c1.Cl.Cl. The fraction of sp³-hybridized carbons (Fsp3) is 0.304. The predicted octanol–water partition coefficient (Wildman–Crippen LogP) is 5.99. The summed E-state index contributed by atoms with van der Waals surface area (Å²) in [6.45, 7) is 0. The summed E-state index contributed by atoms with van der Waals surface area (Å²) in [5.74, 6) is 2.29. The molecule has 0 bridgehead atoms. The molecule has 1 saturated carbocycles. The fourth-order valence-corrected chi connectivity index (χ4v) is 3.76. The summed E-state index contributed by atoms with van der Waals surface area (Å²) in [6, 6.07) is 14.2. The lowest BCUT2D eigenvalue weighted by molar-refractivity contribution is 0.410. The van der Waals surface area contributed by atoms with Crippen molar-refractivity contribution in [1.29, 1.82) is 0 Å². The minimum Gasteiger partial charge on any atom is -0.497 e. The Bertz CT molecular complexity index is 1020. The molecule has 0 aliphatic heterocycles. The van der Waals surface area contributed by atoms with E-state index in [4.69, 9.17) is 32.0 Å². The highest BCUT2D eigenvalue weighted by Gasteiger charge is 2.20. The second-order valence-electron chi connectivity index (χ2n) is 7.45. The van der Waals surface area contributed by atoms with E-state index in [-0.39, 0.29) is 24.8 Å². The van der Waals surface area contributed by atoms with E-state index in [1.54, 1.807) is 7.11 Å². The molecule has 0 spiro atoms. The van der Waals surface area contributed by atoms with Crippen LogP contribution in [0.5, 0.6) is 5.75 Å². The summed E-state index contributed by atoms with van der Waals surface area (Å²) in [6.07, 6.45) is 8.08. The molecule has 3 aromatic rings. The molecule has 2 aromatic carbocycles. The van der Waals surface area contributed by atoms with Gasteiger partial charge in [-0.2, -0.15) is 0 Å². The van der Waals surface area contributed by atoms with Gasteiger partial charge in [0.1, 0.15) is 11.6 Å². The maximum absolute atomic E-state index is 6.06. The number of nitrogens with two attached hydrogens (primary N) is 1. The summed E-state index contributed by atoms with van der Waals surface area (Å²) in [5.41, 5.74) is 7.99. The van der Waals surface area contributed by atoms with Crippen LogP contribution in [0.2, 0.25) is 5.02 Å². The third-order valence-corrected chi connectivity index (χ3v) is 5.58. The number of nitrogens with one attached hydrogen (secondary N) is 1. The standard InChI is InChI=1S/C23H25ClN4O.2ClH/c1-29-19-11-12-21-20(14-19)23(26-18-9-7-17(25)8-10-18)28-22(27-21)13-4-15-2-5-16(24)6-3-15;;/h2-6,11-14,17-18H,7-10,25H2,1H3,(H,26,27,28);2*1H/b13-4+;;. The minimum absolute atomic E-state index is 0. The Kier molecular flexibility index (Phi) is 9.38. The van der Waals surface area contributed by atoms with Gasteiger partial charge in [0.15, 0.2) is 5.82 Å². The van der Waals surface area contributed by atoms with Gasteiger partial charge in [0, 0.05) is 22.5 Å². The first-order valence-corrected chi connectivity index (χ1v) is 10.3. The van der Waals surface area contributed by atoms with Crippen molar-refractivity contribution in [3.05, 3.63) is 58.9 Å². The molecule has 3 N–H and O–H groups in total. The van der Waals surface area contributed by atoms with Crippen LogP contribution in [0.1, 0.15) is 37.1 Å². The number of rotatable bonds is 5. The molecule has 31 heavy (non-hydrogen) atoms. The lowest BCUT2D eigenvalue weighted by Gasteiger charge is -2.27. The molecule has 1 aromatic heterocycles. The molecule has 0 saturated heterocycles. The Labute approximate surface area is 200 Å². The van der Waals surface area contributed by atoms with Crippen LogP contribution in [0.4, 0.5) is 5.82 Å². The number of ether oxygens (including phenoxy) is 1. The van der Waals surface area contributed by atoms with Crippen LogP contribution in [0.25, 0.3) is 23.1 Å². The fourth-order valence-electron chi connectivity index (χ4n) is 3.64. The number of fused-ring (bicyclic) bond motifs is 1. The lowest BCUT2D eigenvalue weighted by atomic mass is 9.92. The van der Waals surface area contributed by atoms with E-state index < -0.39 is 0 Å². The van der Waals surface area contributed by atoms with Crippen LogP contribution in [0, 0.1) is 0 Å². The highest BCUT2D eigenvalue weighted by atomic mass is 35.5. The molecule has 0 unspecified atom stereocenters. The van der Waals surface area contributed by atoms with E-state index in [9.17, 15) is 0 Å². The van der Waals surface area contributed by atoms with E-state index >= 15 is 0 Å². The molecule has 5 nitrogen and oxygen atoms in total. The Morgan fingerprint density at radius 1 is 1.00 bits per heavy atom. The number of nitrogens with zero attached hydrogens (tertiary/aromatic N) is 2. The topological polar surface area (TPSA) is 73.1 Å². The number of benzene rings is 2. The van der Waals surface area contributed by atoms with Crippen molar-refractivity contribution in [2.75, 3.05) is 12.4 Å². The van der Waals surface area contributed by atoms with E-state index in [1.807, 2.05) is 54.6 Å². The zero-order valence-corrected chi connectivity index (χ0v) is 19.6. The molecule has 166 valence electrons. The largest absolute Gasteiger partial charge is 0.497 e. The van der Waals surface area contributed by atoms with Crippen LogP contribution in [0.15, 0.2) is 42.5 Å². The van der Waals surface area contributed by atoms with Gasteiger partial charge in [-0.05, 0) is 67.7 Å². The second-order valence-corrected chi connectivity index (χ2v) is 7.89. The van der Waals surface area contributed by atoms with Crippen LogP contribution >= 0.6 is 36.4 Å². The van der Waals surface area contributed by atoms with E-state index in [0.29, 0.717) is 17.9 Å². The predicted molar refractivity (Wildman–Crippen MR) is 135 cm³/mol. The van der Waals surface area contributed by atoms with Crippen LogP contribution in [-0.2, 0) is 0 Å². The second kappa shape index (κ2) is 11.5. The van der Waals surface area contributed by atoms with Crippen molar-refractivity contribution in [3.8, 4) is 5.75 Å². The molecule has 4 rings (SSSR count). The van der Waals surface area contributed by atoms with Crippen molar-refractivity contribution in [2.45, 2.75) is 37.8 Å². The van der Waals surface area contributed by atoms with Gasteiger partial charge in [0.25, 0.3) is 0 Å². The average Bonchev–Trinajstić information content (AvgIpc) is 2.74. The van der Waals surface area contributed by atoms with Crippen molar-refractivity contribution in [2.24, 2.45) is 5.73 Å². The molecule has 0 atom stereocenters. The summed E-state index contributed by atoms with van der Waals surface area (Å²) in [4.78, 5) is 9.51. The number of hydrogen-bond donors (Lipinski definition) is 2. The van der Waals surface area contributed by atoms with Crippen LogP contribution in [-0.4, -0.2) is 29.2 Å². The molecule has 0 amide bonds. The number of methoxy groups -OCH3 is 1. The summed E-state index contributed by atoms with van der Waals surface area (Å²) < 4.78 is 5.40. The molecular formula is C23H27Cl3N4O. The lowest BCUT2D eigenvalue weighted by Crippen LogP contribution is -2.33. The van der Waals surface area contributed by atoms with Crippen molar-refractivity contribution in [3.63, 3.8) is 0 Å². The van der Waals surface area contributed by atoms with Gasteiger partial charge in [0.05, 0.1) is 12.6 Å². The molecular weight excluding hydrogens is 455 g/mol. The van der Waals surface area contributed by atoms with Gasteiger partial charge in [0.2, 0.25) is 0 Å². The molecule has 1 fully saturated rings. The highest BCUT2D eigenvalue weighted by Crippen LogP contribution is 2.28. The average molecular weight is 482 g/mol. The quantitative estimate of drug-likeness (QED) is 0.468. The Morgan fingerprint density at radius 2 is 1.71 bits per heavy atom. The van der Waals surface area contributed by atoms with Gasteiger partial charge >= 0.3 is 0 Å². The summed E-state index contributed by atoms with van der Waals surface area (Å²) >= 11 is 5.97. The van der Waals surface area contributed by atoms with Gasteiger partial charge in [-0.15, -0.1) is 24.8 Å². The monoisotopic (exact) mass is 480 g/mol. The van der Waals surface area contributed by atoms with Crippen LogP contribution in [0.3, 0.4) is 0 Å². The van der Waals surface area contributed by atoms with Crippen molar-refractivity contribution < 1.29 is 4.74 Å². The zero-order chi connectivity index (χ0) is 20.2. The van der Waals surface area contributed by atoms with E-state index in [1.165, 1.54) is 0 Å². The van der Waals surface area contributed by atoms with Crippen LogP contribution < -0.4 is 15.8 Å². The Hall–Kier alpha value is -2.05. The molecule has 1 aliphatic carbocycles. The Morgan fingerprint density at radius 3 is 2.39 bits per heavy atom. The third-order valence-electron chi connectivity index (χ3n) is 5.33. The maximum atomic E-state index is 6.06. The highest BCUT2D eigenvalue weighted by molar-refractivity contribution is 6.30. The molecule has 8 heteroatoms. The number of halogens is 3. The van der Waals surface area contributed by atoms with Crippen molar-refractivity contribution >= 4 is 65.3 Å². The van der Waals surface area contributed by atoms with Crippen molar-refractivity contribution in [1.82, 2.24) is 9.97 Å². The number of hydrogen-bond acceptors (Lipinski definition) is 5. The van der Waals surface area contributed by atoms with E-state index in [2.05, 4.69) is 5.32 Å². The first-order valence-electron chi connectivity index (χ1n) is 9.92. The van der Waals surface area contributed by atoms with Gasteiger partial charge in [-0.3, -0.25) is 0 Å². The molecule has 0 radical (unpaired) electrons. The van der Waals surface area contributed by atoms with Gasteiger partial charge in [-0.25, -0.2) is 9.97 Å². The maximum Gasteiger partial charge on any atom is 0.154 e. The summed E-state index contributed by atoms with van der Waals surface area (Å²) in [5, 5.41) is 5.31. The first-order chi connectivity index (χ1) is 14.1. The first kappa shape index (κ1) is 25.2. The normalized spacial score (nSPS) is 18.3. The zero-order valence-electron chi connectivity index (χ0n) is 17.3. The van der Waals surface area contributed by atoms with Gasteiger partial charge < -0.3 is 15.8 Å². The Balaban J connectivity index is 0.00000171. The molecule has 1 heterocycles. The van der Waals surface area contributed by atoms with Gasteiger partial charge in [-0.1, -0.05) is 29.8 Å². The number of anilines is 1. The van der Waals surface area contributed by atoms with E-state index in [0.717, 1.165) is 58.7 Å².